The average molecular weight is 1090 g/mol. The van der Waals surface area contributed by atoms with Gasteiger partial charge < -0.3 is 54.8 Å². The summed E-state index contributed by atoms with van der Waals surface area (Å²) in [7, 11) is 5.32. The molecule has 3 aliphatic heterocycles. The number of nitrogens with two attached hydrogens (primary N) is 1. The lowest BCUT2D eigenvalue weighted by Crippen LogP contribution is -2.62. The molecule has 4 heterocycles. The number of aromatic nitrogens is 3. The maximum atomic E-state index is 14.7. The van der Waals surface area contributed by atoms with Crippen LogP contribution in [0.15, 0.2) is 30.5 Å². The predicted octanol–water partition coefficient (Wildman–Crippen LogP) is 6.17. The van der Waals surface area contributed by atoms with Crippen molar-refractivity contribution in [3.63, 3.8) is 0 Å². The third kappa shape index (κ3) is 17.1. The van der Waals surface area contributed by atoms with E-state index in [-0.39, 0.29) is 61.9 Å². The summed E-state index contributed by atoms with van der Waals surface area (Å²) in [5.74, 6) is -4.40. The highest BCUT2D eigenvalue weighted by Crippen LogP contribution is 2.41. The number of nitrogens with zero attached hydrogens (tertiary/aromatic N) is 5. The Morgan fingerprint density at radius 1 is 1.12 bits per heavy atom. The topological polar surface area (TPSA) is 248 Å². The van der Waals surface area contributed by atoms with Crippen LogP contribution in [0.5, 0.6) is 0 Å². The Labute approximate surface area is 454 Å². The maximum absolute atomic E-state index is 14.7. The molecule has 3 fully saturated rings. The number of carbonyl (C=O) groups excluding carboxylic acids is 5. The van der Waals surface area contributed by atoms with Gasteiger partial charge in [0.2, 0.25) is 0 Å². The summed E-state index contributed by atoms with van der Waals surface area (Å²) in [5.41, 5.74) is 4.75. The summed E-state index contributed by atoms with van der Waals surface area (Å²) in [6, 6.07) is 4.87. The van der Waals surface area contributed by atoms with E-state index in [2.05, 4.69) is 20.9 Å². The van der Waals surface area contributed by atoms with Crippen LogP contribution in [0.1, 0.15) is 121 Å². The highest BCUT2D eigenvalue weighted by molar-refractivity contribution is 7.93. The lowest BCUT2D eigenvalue weighted by molar-refractivity contribution is -0.295. The summed E-state index contributed by atoms with van der Waals surface area (Å²) in [6.45, 7) is 20.7. The van der Waals surface area contributed by atoms with E-state index in [4.69, 9.17) is 34.2 Å². The van der Waals surface area contributed by atoms with Crippen LogP contribution in [0.3, 0.4) is 0 Å². The number of rotatable bonds is 18. The first kappa shape index (κ1) is 64.2. The van der Waals surface area contributed by atoms with E-state index in [1.807, 2.05) is 71.1 Å². The molecular weight excluding hydrogens is 1000 g/mol. The molecule has 2 aromatic rings. The normalized spacial score (nSPS) is 31.3. The molecule has 76 heavy (non-hydrogen) atoms. The molecule has 5 N–H and O–H groups in total. The molecule has 3 aliphatic rings. The van der Waals surface area contributed by atoms with Crippen molar-refractivity contribution >= 4 is 47.4 Å². The van der Waals surface area contributed by atoms with Gasteiger partial charge in [0.05, 0.1) is 30.0 Å². The SMILES string of the molecule is CC[C@H]1OC(=O)[C@H](C)C(=O)[C@H](C)[C@@H](O[C@@H]2O[C@H](C)CC(N(C)C)C2O)[C@](C)(OC)C[C@@H](C)CN[C@H](CCN[C@H](CC(C)=O)C(=O)OC(C)(C)C)[C@H]2N(CCCCn3cc(-c4cccc(N)c4)nn3)C(=O)O[C@]12C.CSF. The molecule has 1 aromatic carbocycles. The Morgan fingerprint density at radius 2 is 1.79 bits per heavy atom. The van der Waals surface area contributed by atoms with Gasteiger partial charge in [-0.3, -0.25) is 28.8 Å². The minimum atomic E-state index is -1.44. The number of cyclic esters (lactones) is 1. The number of ether oxygens (including phenoxy) is 6. The van der Waals surface area contributed by atoms with Gasteiger partial charge in [0.1, 0.15) is 41.2 Å². The van der Waals surface area contributed by atoms with Crippen LogP contribution >= 0.6 is 12.1 Å². The smallest absolute Gasteiger partial charge is 0.410 e. The number of aryl methyl sites for hydroxylation is 1. The summed E-state index contributed by atoms with van der Waals surface area (Å²) < 4.78 is 49.8. The van der Waals surface area contributed by atoms with E-state index in [1.54, 1.807) is 57.4 Å². The van der Waals surface area contributed by atoms with Crippen molar-refractivity contribution in [1.82, 2.24) is 35.4 Å². The number of unbranched alkanes of at least 4 members (excludes halogenated alkanes) is 1. The second kappa shape index (κ2) is 28.5. The van der Waals surface area contributed by atoms with Crippen molar-refractivity contribution in [3.8, 4) is 11.3 Å². The second-order valence-corrected chi connectivity index (χ2v) is 22.8. The highest BCUT2D eigenvalue weighted by atomic mass is 32.2. The van der Waals surface area contributed by atoms with Crippen LogP contribution in [0.2, 0.25) is 0 Å². The van der Waals surface area contributed by atoms with Gasteiger partial charge in [0.15, 0.2) is 17.7 Å². The number of amides is 1. The van der Waals surface area contributed by atoms with Gasteiger partial charge in [-0.05, 0) is 139 Å². The van der Waals surface area contributed by atoms with Crippen molar-refractivity contribution in [2.24, 2.45) is 17.8 Å². The number of fused-ring (bicyclic) bond motifs is 1. The molecule has 3 saturated heterocycles. The largest absolute Gasteiger partial charge is 0.459 e. The van der Waals surface area contributed by atoms with Gasteiger partial charge in [0, 0.05) is 74.3 Å². The molecule has 0 radical (unpaired) electrons. The molecule has 14 atom stereocenters. The number of halogens is 1. The molecule has 5 rings (SSSR count). The van der Waals surface area contributed by atoms with E-state index in [9.17, 15) is 33.0 Å². The Balaban J connectivity index is 0.00000406. The fourth-order valence-electron chi connectivity index (χ4n) is 10.8. The lowest BCUT2D eigenvalue weighted by atomic mass is 9.78. The van der Waals surface area contributed by atoms with E-state index < -0.39 is 95.2 Å². The van der Waals surface area contributed by atoms with E-state index in [0.717, 1.165) is 5.56 Å². The first-order valence-electron chi connectivity index (χ1n) is 26.7. The number of aliphatic hydroxyl groups excluding tert-OH is 1. The van der Waals surface area contributed by atoms with Gasteiger partial charge in [-0.15, -0.1) is 5.10 Å². The van der Waals surface area contributed by atoms with Gasteiger partial charge in [0.25, 0.3) is 0 Å². The van der Waals surface area contributed by atoms with Gasteiger partial charge >= 0.3 is 18.0 Å². The Kier molecular flexibility index (Phi) is 24.1. The zero-order valence-corrected chi connectivity index (χ0v) is 48.4. The van der Waals surface area contributed by atoms with Crippen LogP contribution in [-0.4, -0.2) is 178 Å². The quantitative estimate of drug-likeness (QED) is 0.0429. The average Bonchev–Trinajstić information content (AvgIpc) is 3.92. The van der Waals surface area contributed by atoms with Crippen molar-refractivity contribution in [3.05, 3.63) is 30.5 Å². The number of hydrogen-bond donors (Lipinski definition) is 4. The molecule has 20 nitrogen and oxygen atoms in total. The Morgan fingerprint density at radius 3 is 2.39 bits per heavy atom. The van der Waals surface area contributed by atoms with E-state index >= 15 is 0 Å². The molecule has 2 unspecified atom stereocenters. The number of aliphatic hydroxyl groups is 1. The van der Waals surface area contributed by atoms with Gasteiger partial charge in [-0.25, -0.2) is 4.79 Å². The number of Topliss-reactive ketones (excluding diaryl/α,β-unsaturated/α-hetero) is 2. The van der Waals surface area contributed by atoms with Crippen molar-refractivity contribution in [1.29, 1.82) is 0 Å². The van der Waals surface area contributed by atoms with Gasteiger partial charge in [-0.2, -0.15) is 3.89 Å². The van der Waals surface area contributed by atoms with Crippen LogP contribution in [-0.2, 0) is 54.1 Å². The number of nitrogens with one attached hydrogen (secondary N) is 2. The Hall–Kier alpha value is -4.29. The number of benzene rings is 1. The number of nitrogen functional groups attached to an aromatic ring is 1. The number of methoxy groups -OCH3 is 1. The molecular formula is C54H89FN8O12S. The number of likely N-dealkylation sites (N-methyl/N-ethyl adjacent to an activating group) is 1. The first-order valence-corrected chi connectivity index (χ1v) is 27.8. The molecule has 0 saturated carbocycles. The monoisotopic (exact) mass is 1090 g/mol. The van der Waals surface area contributed by atoms with Crippen molar-refractivity contribution in [2.45, 2.75) is 199 Å². The number of hydrogen-bond acceptors (Lipinski definition) is 19. The maximum Gasteiger partial charge on any atom is 0.410 e. The zero-order valence-electron chi connectivity index (χ0n) is 47.6. The molecule has 430 valence electrons. The molecule has 1 aromatic heterocycles. The highest BCUT2D eigenvalue weighted by Gasteiger charge is 2.59. The summed E-state index contributed by atoms with van der Waals surface area (Å²) in [4.78, 5) is 73.1. The fourth-order valence-corrected chi connectivity index (χ4v) is 10.8. The lowest BCUT2D eigenvalue weighted by Gasteiger charge is -2.46. The minimum absolute atomic E-state index is 0.0920. The van der Waals surface area contributed by atoms with E-state index in [1.165, 1.54) is 20.1 Å². The van der Waals surface area contributed by atoms with E-state index in [0.29, 0.717) is 56.6 Å². The Bertz CT molecular complexity index is 2220. The third-order valence-corrected chi connectivity index (χ3v) is 14.7. The summed E-state index contributed by atoms with van der Waals surface area (Å²) >= 11 is 0.250. The molecule has 22 heteroatoms. The molecule has 0 aliphatic carbocycles. The number of ketones is 2. The minimum Gasteiger partial charge on any atom is -0.459 e. The summed E-state index contributed by atoms with van der Waals surface area (Å²) in [6.07, 6.45) is 0.713. The second-order valence-electron chi connectivity index (χ2n) is 22.5. The fraction of sp³-hybridized carbons (Fsp3) is 0.759. The zero-order chi connectivity index (χ0) is 56.9. The molecule has 0 bridgehead atoms. The standard InChI is InChI=1S/C53H86N8O12.CH3FS/c1-15-42-53(11)45(61(50(67)73-53)24-17-16-23-60-30-40(57-58-60)36-19-18-20-37(54)27-36)38(21-22-55-39(25-32(3)62)48(66)72-51(7,8)9)56-29-31(2)28-52(10,68-14)46(34(5)43(63)35(6)47(65)70-42)71-49-44(64)41(59(12)13)26-33(4)69-49;1-3-2/h18-20,27,30-31,33-35,38-39,41-42,44-46,49,55-56,64H,15-17,21-26,28-29,54H2,1-14H3;1H3/t31-,33-,34+,35-,38-,39-,41?,42-,44?,45-,46-,49+,52-,53-;/m1./s1. The number of anilines is 1. The van der Waals surface area contributed by atoms with Crippen LogP contribution in [0.25, 0.3) is 11.3 Å². The van der Waals surface area contributed by atoms with Crippen LogP contribution < -0.4 is 16.4 Å². The number of esters is 2. The van der Waals surface area contributed by atoms with Crippen LogP contribution in [0, 0.1) is 17.8 Å². The third-order valence-electron chi connectivity index (χ3n) is 14.7. The number of carbonyl (C=O) groups is 5. The predicted molar refractivity (Wildman–Crippen MR) is 288 cm³/mol. The van der Waals surface area contributed by atoms with Crippen molar-refractivity contribution < 1.29 is 61.4 Å². The summed E-state index contributed by atoms with van der Waals surface area (Å²) in [5, 5.41) is 27.4. The molecule has 1 amide bonds. The van der Waals surface area contributed by atoms with Crippen LogP contribution in [0.4, 0.5) is 14.4 Å². The van der Waals surface area contributed by atoms with Gasteiger partial charge in [-0.1, -0.05) is 38.1 Å². The van der Waals surface area contributed by atoms with Crippen molar-refractivity contribution in [2.75, 3.05) is 52.8 Å². The first-order chi connectivity index (χ1) is 35.6. The molecule has 0 spiro atoms.